The zero-order valence-corrected chi connectivity index (χ0v) is 14.5. The van der Waals surface area contributed by atoms with Crippen LogP contribution in [0.15, 0.2) is 57.9 Å². The van der Waals surface area contributed by atoms with Crippen LogP contribution in [0.2, 0.25) is 0 Å². The smallest absolute Gasteiger partial charge is 0.255 e. The Morgan fingerprint density at radius 1 is 1.09 bits per heavy atom. The quantitative estimate of drug-likeness (QED) is 0.883. The monoisotopic (exact) mass is 382 g/mol. The van der Waals surface area contributed by atoms with Gasteiger partial charge in [-0.2, -0.15) is 0 Å². The molecule has 0 radical (unpaired) electrons. The summed E-state index contributed by atoms with van der Waals surface area (Å²) in [5.41, 5.74) is 1.04. The van der Waals surface area contributed by atoms with Crippen molar-refractivity contribution in [1.29, 1.82) is 0 Å². The fourth-order valence-electron chi connectivity index (χ4n) is 1.76. The Morgan fingerprint density at radius 2 is 1.73 bits per heavy atom. The first-order chi connectivity index (χ1) is 10.3. The first kappa shape index (κ1) is 16.7. The SMILES string of the molecule is CN(C)S(=O)(=O)c1ccc(C(=O)Nc2cccc(Br)c2)cc1. The van der Waals surface area contributed by atoms with Gasteiger partial charge in [-0.05, 0) is 42.5 Å². The molecule has 0 spiro atoms. The van der Waals surface area contributed by atoms with E-state index in [0.717, 1.165) is 8.78 Å². The van der Waals surface area contributed by atoms with Gasteiger partial charge >= 0.3 is 0 Å². The third-order valence-corrected chi connectivity index (χ3v) is 5.30. The van der Waals surface area contributed by atoms with Gasteiger partial charge < -0.3 is 5.32 Å². The Bertz CT molecular complexity index is 787. The number of hydrogen-bond donors (Lipinski definition) is 1. The number of nitrogens with zero attached hydrogens (tertiary/aromatic N) is 1. The van der Waals surface area contributed by atoms with Crippen molar-refractivity contribution in [2.24, 2.45) is 0 Å². The number of carbonyl (C=O) groups excluding carboxylic acids is 1. The zero-order chi connectivity index (χ0) is 16.3. The Kier molecular flexibility index (Phi) is 5.00. The fraction of sp³-hybridized carbons (Fsp3) is 0.133. The summed E-state index contributed by atoms with van der Waals surface area (Å²) in [6.45, 7) is 0. The standard InChI is InChI=1S/C15H15BrN2O3S/c1-18(2)22(20,21)14-8-6-11(7-9-14)15(19)17-13-5-3-4-12(16)10-13/h3-10H,1-2H3,(H,17,19). The van der Waals surface area contributed by atoms with Crippen LogP contribution in [0.5, 0.6) is 0 Å². The van der Waals surface area contributed by atoms with E-state index in [1.165, 1.54) is 38.4 Å². The van der Waals surface area contributed by atoms with E-state index in [4.69, 9.17) is 0 Å². The largest absolute Gasteiger partial charge is 0.322 e. The maximum atomic E-state index is 12.1. The molecule has 0 fully saturated rings. The fourth-order valence-corrected chi connectivity index (χ4v) is 3.06. The molecule has 0 heterocycles. The Morgan fingerprint density at radius 3 is 2.27 bits per heavy atom. The van der Waals surface area contributed by atoms with Crippen molar-refractivity contribution >= 4 is 37.5 Å². The molecular weight excluding hydrogens is 368 g/mol. The van der Waals surface area contributed by atoms with Gasteiger partial charge in [-0.25, -0.2) is 12.7 Å². The average Bonchev–Trinajstić information content (AvgIpc) is 2.47. The lowest BCUT2D eigenvalue weighted by molar-refractivity contribution is 0.102. The van der Waals surface area contributed by atoms with Gasteiger partial charge in [-0.1, -0.05) is 22.0 Å². The molecule has 1 amide bonds. The predicted octanol–water partition coefficient (Wildman–Crippen LogP) is 2.95. The van der Waals surface area contributed by atoms with Crippen molar-refractivity contribution < 1.29 is 13.2 Å². The van der Waals surface area contributed by atoms with Gasteiger partial charge in [0.25, 0.3) is 5.91 Å². The van der Waals surface area contributed by atoms with Crippen molar-refractivity contribution in [3.05, 3.63) is 58.6 Å². The van der Waals surface area contributed by atoms with E-state index in [-0.39, 0.29) is 10.8 Å². The number of hydrogen-bond acceptors (Lipinski definition) is 3. The molecule has 0 aliphatic rings. The molecule has 2 aromatic carbocycles. The number of carbonyl (C=O) groups is 1. The molecule has 116 valence electrons. The number of benzene rings is 2. The number of halogens is 1. The topological polar surface area (TPSA) is 66.5 Å². The van der Waals surface area contributed by atoms with Crippen LogP contribution in [0.3, 0.4) is 0 Å². The Labute approximate surface area is 138 Å². The number of nitrogens with one attached hydrogen (secondary N) is 1. The Balaban J connectivity index is 2.19. The molecule has 22 heavy (non-hydrogen) atoms. The van der Waals surface area contributed by atoms with E-state index in [1.54, 1.807) is 12.1 Å². The number of rotatable bonds is 4. The van der Waals surface area contributed by atoms with Crippen LogP contribution in [0.1, 0.15) is 10.4 Å². The molecule has 0 unspecified atom stereocenters. The van der Waals surface area contributed by atoms with Crippen molar-refractivity contribution in [1.82, 2.24) is 4.31 Å². The summed E-state index contributed by atoms with van der Waals surface area (Å²) in [4.78, 5) is 12.3. The first-order valence-corrected chi connectivity index (χ1v) is 8.63. The van der Waals surface area contributed by atoms with Crippen molar-refractivity contribution in [2.45, 2.75) is 4.90 Å². The van der Waals surface area contributed by atoms with E-state index in [9.17, 15) is 13.2 Å². The highest BCUT2D eigenvalue weighted by molar-refractivity contribution is 9.10. The highest BCUT2D eigenvalue weighted by Gasteiger charge is 2.17. The predicted molar refractivity (Wildman–Crippen MR) is 89.4 cm³/mol. The van der Waals surface area contributed by atoms with Gasteiger partial charge in [0.05, 0.1) is 4.90 Å². The van der Waals surface area contributed by atoms with Gasteiger partial charge in [0, 0.05) is 29.8 Å². The lowest BCUT2D eigenvalue weighted by atomic mass is 10.2. The van der Waals surface area contributed by atoms with E-state index < -0.39 is 10.0 Å². The first-order valence-electron chi connectivity index (χ1n) is 6.40. The summed E-state index contributed by atoms with van der Waals surface area (Å²) in [7, 11) is -0.565. The van der Waals surface area contributed by atoms with Gasteiger partial charge in [0.15, 0.2) is 0 Å². The molecule has 0 aromatic heterocycles. The molecule has 0 saturated heterocycles. The summed E-state index contributed by atoms with van der Waals surface area (Å²) in [6, 6.07) is 13.0. The molecular formula is C15H15BrN2O3S. The molecule has 0 saturated carbocycles. The summed E-state index contributed by atoms with van der Waals surface area (Å²) in [5.74, 6) is -0.299. The summed E-state index contributed by atoms with van der Waals surface area (Å²) >= 11 is 3.33. The lowest BCUT2D eigenvalue weighted by Gasteiger charge is -2.11. The van der Waals surface area contributed by atoms with Gasteiger partial charge in [0.2, 0.25) is 10.0 Å². The molecule has 0 bridgehead atoms. The summed E-state index contributed by atoms with van der Waals surface area (Å²) < 4.78 is 25.9. The highest BCUT2D eigenvalue weighted by atomic mass is 79.9. The lowest BCUT2D eigenvalue weighted by Crippen LogP contribution is -2.22. The van der Waals surface area contributed by atoms with Gasteiger partial charge in [0.1, 0.15) is 0 Å². The van der Waals surface area contributed by atoms with Crippen molar-refractivity contribution in [2.75, 3.05) is 19.4 Å². The maximum Gasteiger partial charge on any atom is 0.255 e. The van der Waals surface area contributed by atoms with Crippen LogP contribution >= 0.6 is 15.9 Å². The number of amides is 1. The molecule has 2 aromatic rings. The van der Waals surface area contributed by atoms with Crippen LogP contribution < -0.4 is 5.32 Å². The van der Waals surface area contributed by atoms with Crippen LogP contribution in [-0.2, 0) is 10.0 Å². The minimum absolute atomic E-state index is 0.150. The third kappa shape index (κ3) is 3.73. The zero-order valence-electron chi connectivity index (χ0n) is 12.1. The minimum atomic E-state index is -3.49. The van der Waals surface area contributed by atoms with E-state index in [2.05, 4.69) is 21.2 Å². The molecule has 0 aliphatic carbocycles. The average molecular weight is 383 g/mol. The normalized spacial score (nSPS) is 11.5. The second kappa shape index (κ2) is 6.60. The third-order valence-electron chi connectivity index (χ3n) is 2.98. The minimum Gasteiger partial charge on any atom is -0.322 e. The van der Waals surface area contributed by atoms with Crippen LogP contribution in [-0.4, -0.2) is 32.7 Å². The maximum absolute atomic E-state index is 12.1. The summed E-state index contributed by atoms with van der Waals surface area (Å²) in [6.07, 6.45) is 0. The van der Waals surface area contributed by atoms with E-state index in [1.807, 2.05) is 12.1 Å². The molecule has 0 atom stereocenters. The van der Waals surface area contributed by atoms with Crippen molar-refractivity contribution in [3.8, 4) is 0 Å². The van der Waals surface area contributed by atoms with Crippen LogP contribution in [0, 0.1) is 0 Å². The molecule has 1 N–H and O–H groups in total. The summed E-state index contributed by atoms with van der Waals surface area (Å²) in [5, 5.41) is 2.75. The Hall–Kier alpha value is -1.70. The van der Waals surface area contributed by atoms with Gasteiger partial charge in [-0.15, -0.1) is 0 Å². The molecule has 0 aliphatic heterocycles. The second-order valence-corrected chi connectivity index (χ2v) is 7.84. The molecule has 5 nitrogen and oxygen atoms in total. The number of anilines is 1. The number of sulfonamides is 1. The van der Waals surface area contributed by atoms with E-state index in [0.29, 0.717) is 11.3 Å². The highest BCUT2D eigenvalue weighted by Crippen LogP contribution is 2.18. The van der Waals surface area contributed by atoms with Gasteiger partial charge in [-0.3, -0.25) is 4.79 Å². The van der Waals surface area contributed by atoms with E-state index >= 15 is 0 Å². The molecule has 2 rings (SSSR count). The molecule has 7 heteroatoms. The van der Waals surface area contributed by atoms with Crippen LogP contribution in [0.4, 0.5) is 5.69 Å². The van der Waals surface area contributed by atoms with Crippen molar-refractivity contribution in [3.63, 3.8) is 0 Å². The van der Waals surface area contributed by atoms with Crippen LogP contribution in [0.25, 0.3) is 0 Å². The second-order valence-electron chi connectivity index (χ2n) is 4.78.